The molecule has 0 spiro atoms. The number of aldehydes is 1. The SMILES string of the molecule is CC(C)CCOC(=O)Oc1ccc(C=O)cc1.CC(C)CCOC(=O)Oc1ccc(CO)cc1. The first-order chi connectivity index (χ1) is 16.2. The van der Waals surface area contributed by atoms with Crippen molar-refractivity contribution in [3.63, 3.8) is 0 Å². The molecule has 0 unspecified atom stereocenters. The highest BCUT2D eigenvalue weighted by Crippen LogP contribution is 2.13. The number of hydrogen-bond donors (Lipinski definition) is 1. The van der Waals surface area contributed by atoms with Gasteiger partial charge in [0, 0.05) is 5.56 Å². The summed E-state index contributed by atoms with van der Waals surface area (Å²) in [6.07, 6.45) is 0.939. The Morgan fingerprint density at radius 1 is 0.765 bits per heavy atom. The van der Waals surface area contributed by atoms with Crippen LogP contribution in [0.2, 0.25) is 0 Å². The Morgan fingerprint density at radius 3 is 1.53 bits per heavy atom. The normalized spacial score (nSPS) is 10.2. The van der Waals surface area contributed by atoms with E-state index in [2.05, 4.69) is 13.8 Å². The molecule has 0 bridgehead atoms. The molecule has 0 amide bonds. The number of benzene rings is 2. The third-order valence-corrected chi connectivity index (χ3v) is 4.35. The Hall–Kier alpha value is -3.39. The van der Waals surface area contributed by atoms with E-state index in [-0.39, 0.29) is 6.61 Å². The van der Waals surface area contributed by atoms with Crippen molar-refractivity contribution >= 4 is 18.6 Å². The molecule has 2 aromatic carbocycles. The molecule has 34 heavy (non-hydrogen) atoms. The minimum absolute atomic E-state index is 0.0287. The van der Waals surface area contributed by atoms with Crippen LogP contribution in [0.25, 0.3) is 0 Å². The van der Waals surface area contributed by atoms with Gasteiger partial charge in [0.05, 0.1) is 19.8 Å². The number of hydrogen-bond acceptors (Lipinski definition) is 8. The minimum atomic E-state index is -0.718. The van der Waals surface area contributed by atoms with Gasteiger partial charge in [-0.2, -0.15) is 0 Å². The third-order valence-electron chi connectivity index (χ3n) is 4.35. The van der Waals surface area contributed by atoms with E-state index in [0.29, 0.717) is 42.1 Å². The Morgan fingerprint density at radius 2 is 1.18 bits per heavy atom. The molecule has 0 aliphatic carbocycles. The average Bonchev–Trinajstić information content (AvgIpc) is 2.80. The smallest absolute Gasteiger partial charge is 0.434 e. The van der Waals surface area contributed by atoms with E-state index in [1.807, 2.05) is 13.8 Å². The molecule has 0 aromatic heterocycles. The van der Waals surface area contributed by atoms with Gasteiger partial charge in [0.2, 0.25) is 0 Å². The molecule has 1 N–H and O–H groups in total. The van der Waals surface area contributed by atoms with Crippen molar-refractivity contribution in [1.29, 1.82) is 0 Å². The summed E-state index contributed by atoms with van der Waals surface area (Å²) >= 11 is 0. The molecule has 8 heteroatoms. The van der Waals surface area contributed by atoms with Gasteiger partial charge in [-0.25, -0.2) is 9.59 Å². The van der Waals surface area contributed by atoms with E-state index in [1.54, 1.807) is 48.5 Å². The molecule has 0 fully saturated rings. The molecule has 0 saturated carbocycles. The molecular formula is C26H34O8. The second-order valence-corrected chi connectivity index (χ2v) is 8.26. The van der Waals surface area contributed by atoms with Gasteiger partial charge >= 0.3 is 12.3 Å². The average molecular weight is 475 g/mol. The van der Waals surface area contributed by atoms with Crippen LogP contribution in [0.3, 0.4) is 0 Å². The van der Waals surface area contributed by atoms with E-state index in [1.165, 1.54) is 0 Å². The second kappa shape index (κ2) is 16.3. The van der Waals surface area contributed by atoms with E-state index in [0.717, 1.165) is 24.7 Å². The van der Waals surface area contributed by atoms with Crippen LogP contribution in [0.15, 0.2) is 48.5 Å². The lowest BCUT2D eigenvalue weighted by Crippen LogP contribution is -2.12. The Balaban J connectivity index is 0.000000340. The first-order valence-electron chi connectivity index (χ1n) is 11.2. The van der Waals surface area contributed by atoms with Gasteiger partial charge in [-0.15, -0.1) is 0 Å². The highest BCUT2D eigenvalue weighted by atomic mass is 16.7. The molecule has 0 aliphatic heterocycles. The first-order valence-corrected chi connectivity index (χ1v) is 11.2. The van der Waals surface area contributed by atoms with Gasteiger partial charge in [0.1, 0.15) is 17.8 Å². The first kappa shape index (κ1) is 28.6. The zero-order valence-electron chi connectivity index (χ0n) is 20.2. The Bertz CT molecular complexity index is 857. The van der Waals surface area contributed by atoms with E-state index >= 15 is 0 Å². The van der Waals surface area contributed by atoms with Crippen molar-refractivity contribution in [1.82, 2.24) is 0 Å². The number of aliphatic hydroxyl groups is 1. The lowest BCUT2D eigenvalue weighted by Gasteiger charge is -2.07. The molecule has 8 nitrogen and oxygen atoms in total. The number of rotatable bonds is 10. The van der Waals surface area contributed by atoms with Crippen LogP contribution >= 0.6 is 0 Å². The van der Waals surface area contributed by atoms with Crippen molar-refractivity contribution < 1.29 is 38.4 Å². The van der Waals surface area contributed by atoms with Crippen LogP contribution in [-0.2, 0) is 16.1 Å². The van der Waals surface area contributed by atoms with Crippen LogP contribution in [0.1, 0.15) is 56.5 Å². The topological polar surface area (TPSA) is 108 Å². The lowest BCUT2D eigenvalue weighted by molar-refractivity contribution is 0.0937. The molecule has 0 aliphatic rings. The number of ether oxygens (including phenoxy) is 4. The van der Waals surface area contributed by atoms with Crippen LogP contribution in [-0.4, -0.2) is 36.9 Å². The Kier molecular flexibility index (Phi) is 13.7. The fourth-order valence-electron chi connectivity index (χ4n) is 2.28. The summed E-state index contributed by atoms with van der Waals surface area (Å²) in [4.78, 5) is 32.9. The monoisotopic (exact) mass is 474 g/mol. The predicted octanol–water partition coefficient (Wildman–Crippen LogP) is 5.80. The Labute approximate surface area is 200 Å². The zero-order valence-corrected chi connectivity index (χ0v) is 20.2. The molecule has 186 valence electrons. The number of aliphatic hydroxyl groups excluding tert-OH is 1. The van der Waals surface area contributed by atoms with Gasteiger partial charge in [0.15, 0.2) is 0 Å². The lowest BCUT2D eigenvalue weighted by atomic mass is 10.1. The van der Waals surface area contributed by atoms with Crippen molar-refractivity contribution in [3.8, 4) is 11.5 Å². The van der Waals surface area contributed by atoms with Gasteiger partial charge in [0.25, 0.3) is 0 Å². The summed E-state index contributed by atoms with van der Waals surface area (Å²) in [6, 6.07) is 12.9. The maximum Gasteiger partial charge on any atom is 0.513 e. The van der Waals surface area contributed by atoms with E-state index < -0.39 is 12.3 Å². The standard InChI is InChI=1S/C13H18O4.C13H16O4/c2*1-10(2)7-8-16-13(15)17-12-5-3-11(9-14)4-6-12/h3-6,10,14H,7-9H2,1-2H3;3-6,9-10H,7-8H2,1-2H3. The summed E-state index contributed by atoms with van der Waals surface area (Å²) < 4.78 is 19.7. The maximum absolute atomic E-state index is 11.3. The number of carbonyl (C=O) groups excluding carboxylic acids is 3. The van der Waals surface area contributed by atoms with Crippen LogP contribution in [0, 0.1) is 11.8 Å². The minimum Gasteiger partial charge on any atom is -0.434 e. The molecule has 0 saturated heterocycles. The highest BCUT2D eigenvalue weighted by Gasteiger charge is 2.07. The third kappa shape index (κ3) is 13.2. The van der Waals surface area contributed by atoms with Crippen molar-refractivity contribution in [2.24, 2.45) is 11.8 Å². The van der Waals surface area contributed by atoms with Crippen molar-refractivity contribution in [3.05, 3.63) is 59.7 Å². The van der Waals surface area contributed by atoms with Crippen LogP contribution in [0.4, 0.5) is 9.59 Å². The van der Waals surface area contributed by atoms with Gasteiger partial charge in [-0.3, -0.25) is 4.79 Å². The quantitative estimate of drug-likeness (QED) is 0.261. The molecule has 0 heterocycles. The van der Waals surface area contributed by atoms with Crippen LogP contribution in [0.5, 0.6) is 11.5 Å². The summed E-state index contributed by atoms with van der Waals surface area (Å²) in [5, 5.41) is 8.85. The molecule has 0 radical (unpaired) electrons. The van der Waals surface area contributed by atoms with E-state index in [4.69, 9.17) is 24.1 Å². The highest BCUT2D eigenvalue weighted by molar-refractivity contribution is 5.75. The maximum atomic E-state index is 11.3. The fraction of sp³-hybridized carbons (Fsp3) is 0.423. The largest absolute Gasteiger partial charge is 0.513 e. The van der Waals surface area contributed by atoms with Gasteiger partial charge in [-0.05, 0) is 66.6 Å². The van der Waals surface area contributed by atoms with E-state index in [9.17, 15) is 14.4 Å². The summed E-state index contributed by atoms with van der Waals surface area (Å²) in [6.45, 7) is 8.90. The van der Waals surface area contributed by atoms with Crippen molar-refractivity contribution in [2.45, 2.75) is 47.1 Å². The number of carbonyl (C=O) groups is 3. The summed E-state index contributed by atoms with van der Waals surface area (Å²) in [5.41, 5.74) is 1.30. The van der Waals surface area contributed by atoms with Gasteiger partial charge < -0.3 is 24.1 Å². The van der Waals surface area contributed by atoms with Gasteiger partial charge in [-0.1, -0.05) is 39.8 Å². The molecule has 0 atom stereocenters. The summed E-state index contributed by atoms with van der Waals surface area (Å²) in [7, 11) is 0. The zero-order chi connectivity index (χ0) is 25.3. The second-order valence-electron chi connectivity index (χ2n) is 8.26. The molecule has 2 rings (SSSR count). The molecule has 2 aromatic rings. The van der Waals surface area contributed by atoms with Crippen molar-refractivity contribution in [2.75, 3.05) is 13.2 Å². The molecular weight excluding hydrogens is 440 g/mol. The summed E-state index contributed by atoms with van der Waals surface area (Å²) in [5.74, 6) is 1.75. The predicted molar refractivity (Wildman–Crippen MR) is 127 cm³/mol. The van der Waals surface area contributed by atoms with Crippen LogP contribution < -0.4 is 9.47 Å². The fourth-order valence-corrected chi connectivity index (χ4v) is 2.28.